The number of nitrogens with one attached hydrogen (secondary N) is 2. The Morgan fingerprint density at radius 3 is 2.74 bits per heavy atom. The smallest absolute Gasteiger partial charge is 0.242 e. The minimum Gasteiger partial charge on any atom is -0.369 e. The lowest BCUT2D eigenvalue weighted by Crippen LogP contribution is -2.33. The van der Waals surface area contributed by atoms with E-state index in [4.69, 9.17) is 17.3 Å². The number of primary amides is 1. The van der Waals surface area contributed by atoms with Crippen LogP contribution in [0.15, 0.2) is 17.2 Å². The van der Waals surface area contributed by atoms with Crippen LogP contribution in [0, 0.1) is 0 Å². The third-order valence-corrected chi connectivity index (χ3v) is 3.76. The average Bonchev–Trinajstić information content (AvgIpc) is 2.35. The summed E-state index contributed by atoms with van der Waals surface area (Å²) in [7, 11) is -3.84. The van der Waals surface area contributed by atoms with Crippen LogP contribution in [-0.2, 0) is 14.8 Å². The van der Waals surface area contributed by atoms with Crippen molar-refractivity contribution in [3.8, 4) is 0 Å². The molecule has 0 radical (unpaired) electrons. The molecular weight excluding hydrogens is 292 g/mol. The fourth-order valence-corrected chi connectivity index (χ4v) is 2.45. The van der Waals surface area contributed by atoms with Crippen molar-refractivity contribution in [3.63, 3.8) is 0 Å². The van der Waals surface area contributed by atoms with Crippen LogP contribution in [0.5, 0.6) is 0 Å². The summed E-state index contributed by atoms with van der Waals surface area (Å²) in [6.07, 6.45) is 2.05. The van der Waals surface area contributed by atoms with Crippen LogP contribution in [0.3, 0.4) is 0 Å². The molecule has 0 aliphatic carbocycles. The zero-order valence-electron chi connectivity index (χ0n) is 10.3. The van der Waals surface area contributed by atoms with Gasteiger partial charge in [0.1, 0.15) is 10.7 Å². The van der Waals surface area contributed by atoms with Gasteiger partial charge >= 0.3 is 0 Å². The maximum absolute atomic E-state index is 11.8. The van der Waals surface area contributed by atoms with Gasteiger partial charge < -0.3 is 11.1 Å². The Morgan fingerprint density at radius 1 is 1.53 bits per heavy atom. The van der Waals surface area contributed by atoms with E-state index in [0.717, 1.165) is 12.6 Å². The average molecular weight is 307 g/mol. The maximum Gasteiger partial charge on any atom is 0.242 e. The Labute approximate surface area is 116 Å². The number of hydrogen-bond acceptors (Lipinski definition) is 5. The van der Waals surface area contributed by atoms with Crippen LogP contribution in [-0.4, -0.2) is 32.4 Å². The Balaban J connectivity index is 2.90. The zero-order valence-corrected chi connectivity index (χ0v) is 11.9. The molecule has 1 aromatic rings. The number of pyridine rings is 1. The van der Waals surface area contributed by atoms with E-state index in [2.05, 4.69) is 10.3 Å². The van der Waals surface area contributed by atoms with Gasteiger partial charge in [-0.2, -0.15) is 0 Å². The second kappa shape index (κ2) is 6.69. The number of amides is 1. The Morgan fingerprint density at radius 2 is 2.21 bits per heavy atom. The van der Waals surface area contributed by atoms with Gasteiger partial charge in [-0.05, 0) is 12.5 Å². The van der Waals surface area contributed by atoms with Crippen molar-refractivity contribution in [1.29, 1.82) is 0 Å². The summed E-state index contributed by atoms with van der Waals surface area (Å²) >= 11 is 5.93. The van der Waals surface area contributed by atoms with E-state index in [1.54, 1.807) is 0 Å². The summed E-state index contributed by atoms with van der Waals surface area (Å²) in [4.78, 5) is 14.4. The molecule has 1 amide bonds. The third-order valence-electron chi connectivity index (χ3n) is 2.11. The van der Waals surface area contributed by atoms with E-state index in [0.29, 0.717) is 12.4 Å². The van der Waals surface area contributed by atoms with Crippen molar-refractivity contribution < 1.29 is 13.2 Å². The van der Waals surface area contributed by atoms with E-state index < -0.39 is 22.5 Å². The largest absolute Gasteiger partial charge is 0.369 e. The molecule has 7 nitrogen and oxygen atoms in total. The highest BCUT2D eigenvalue weighted by molar-refractivity contribution is 7.89. The van der Waals surface area contributed by atoms with Crippen molar-refractivity contribution in [1.82, 2.24) is 9.71 Å². The monoisotopic (exact) mass is 306 g/mol. The highest BCUT2D eigenvalue weighted by atomic mass is 35.5. The molecule has 19 heavy (non-hydrogen) atoms. The molecule has 106 valence electrons. The van der Waals surface area contributed by atoms with Crippen LogP contribution in [0.25, 0.3) is 0 Å². The molecule has 0 saturated heterocycles. The van der Waals surface area contributed by atoms with Crippen molar-refractivity contribution in [2.75, 3.05) is 18.4 Å². The van der Waals surface area contributed by atoms with Crippen molar-refractivity contribution in [3.05, 3.63) is 17.3 Å². The number of carbonyl (C=O) groups excluding carboxylic acids is 1. The number of carbonyl (C=O) groups is 1. The van der Waals surface area contributed by atoms with Crippen LogP contribution < -0.4 is 15.8 Å². The molecule has 0 atom stereocenters. The van der Waals surface area contributed by atoms with Crippen molar-refractivity contribution in [2.45, 2.75) is 18.2 Å². The van der Waals surface area contributed by atoms with Gasteiger partial charge in [0.2, 0.25) is 15.9 Å². The van der Waals surface area contributed by atoms with E-state index in [9.17, 15) is 13.2 Å². The summed E-state index contributed by atoms with van der Waals surface area (Å²) in [5.74, 6) is -0.360. The van der Waals surface area contributed by atoms with Gasteiger partial charge in [-0.15, -0.1) is 0 Å². The molecule has 0 spiro atoms. The van der Waals surface area contributed by atoms with Gasteiger partial charge in [-0.25, -0.2) is 18.1 Å². The molecule has 0 fully saturated rings. The topological polar surface area (TPSA) is 114 Å². The summed E-state index contributed by atoms with van der Waals surface area (Å²) in [6.45, 7) is 2.18. The van der Waals surface area contributed by atoms with Crippen LogP contribution in [0.4, 0.5) is 5.82 Å². The fraction of sp³-hybridized carbons (Fsp3) is 0.400. The first kappa shape index (κ1) is 15.7. The predicted octanol–water partition coefficient (Wildman–Crippen LogP) is 0.321. The molecule has 4 N–H and O–H groups in total. The Hall–Kier alpha value is -1.38. The fourth-order valence-electron chi connectivity index (χ4n) is 1.19. The first-order valence-electron chi connectivity index (χ1n) is 5.54. The van der Waals surface area contributed by atoms with Gasteiger partial charge in [0.25, 0.3) is 0 Å². The minimum absolute atomic E-state index is 0.124. The number of rotatable bonds is 7. The number of sulfonamides is 1. The first-order chi connectivity index (χ1) is 8.86. The summed E-state index contributed by atoms with van der Waals surface area (Å²) in [5.41, 5.74) is 4.87. The molecule has 0 unspecified atom stereocenters. The van der Waals surface area contributed by atoms with Crippen LogP contribution >= 0.6 is 11.6 Å². The Bertz CT molecular complexity index is 562. The highest BCUT2D eigenvalue weighted by Gasteiger charge is 2.17. The van der Waals surface area contributed by atoms with E-state index in [1.807, 2.05) is 11.6 Å². The van der Waals surface area contributed by atoms with Gasteiger partial charge in [0, 0.05) is 12.7 Å². The predicted molar refractivity (Wildman–Crippen MR) is 72.4 cm³/mol. The first-order valence-corrected chi connectivity index (χ1v) is 7.40. The number of anilines is 1. The summed E-state index contributed by atoms with van der Waals surface area (Å²) in [5, 5.41) is 3.15. The van der Waals surface area contributed by atoms with Gasteiger partial charge in [0.15, 0.2) is 0 Å². The van der Waals surface area contributed by atoms with Crippen LogP contribution in [0.2, 0.25) is 5.02 Å². The third kappa shape index (κ3) is 4.66. The lowest BCUT2D eigenvalue weighted by molar-refractivity contribution is -0.116. The number of aromatic nitrogens is 1. The van der Waals surface area contributed by atoms with E-state index in [-0.39, 0.29) is 9.92 Å². The number of nitrogens with two attached hydrogens (primary N) is 1. The summed E-state index contributed by atoms with van der Waals surface area (Å²) < 4.78 is 25.6. The quantitative estimate of drug-likeness (QED) is 0.671. The van der Waals surface area contributed by atoms with Gasteiger partial charge in [-0.1, -0.05) is 18.5 Å². The molecule has 9 heteroatoms. The molecule has 1 aromatic heterocycles. The van der Waals surface area contributed by atoms with Crippen LogP contribution in [0.1, 0.15) is 13.3 Å². The van der Waals surface area contributed by atoms with Gasteiger partial charge in [-0.3, -0.25) is 4.79 Å². The SMILES string of the molecule is CCCNc1ncc(S(=O)(=O)NCC(N)=O)cc1Cl. The summed E-state index contributed by atoms with van der Waals surface area (Å²) in [6, 6.07) is 1.26. The Kier molecular flexibility index (Phi) is 5.52. The zero-order chi connectivity index (χ0) is 14.5. The van der Waals surface area contributed by atoms with Crippen molar-refractivity contribution >= 4 is 33.3 Å². The molecule has 0 aliphatic heterocycles. The molecular formula is C10H15ClN4O3S. The second-order valence-electron chi connectivity index (χ2n) is 3.72. The molecule has 0 saturated carbocycles. The molecule has 1 rings (SSSR count). The number of nitrogens with zero attached hydrogens (tertiary/aromatic N) is 1. The molecule has 0 aliphatic rings. The van der Waals surface area contributed by atoms with Gasteiger partial charge in [0.05, 0.1) is 11.6 Å². The minimum atomic E-state index is -3.84. The lowest BCUT2D eigenvalue weighted by atomic mass is 10.4. The normalized spacial score (nSPS) is 11.3. The molecule has 0 bridgehead atoms. The number of hydrogen-bond donors (Lipinski definition) is 3. The highest BCUT2D eigenvalue weighted by Crippen LogP contribution is 2.22. The second-order valence-corrected chi connectivity index (χ2v) is 5.89. The lowest BCUT2D eigenvalue weighted by Gasteiger charge is -2.09. The number of halogens is 1. The van der Waals surface area contributed by atoms with E-state index >= 15 is 0 Å². The van der Waals surface area contributed by atoms with E-state index in [1.165, 1.54) is 6.07 Å². The van der Waals surface area contributed by atoms with Crippen molar-refractivity contribution in [2.24, 2.45) is 5.73 Å². The molecule has 1 heterocycles. The standard InChI is InChI=1S/C10H15ClN4O3S/c1-2-3-13-10-8(11)4-7(5-14-10)19(17,18)15-6-9(12)16/h4-5,15H,2-3,6H2,1H3,(H2,12,16)(H,13,14). The molecule has 0 aromatic carbocycles. The maximum atomic E-state index is 11.8.